The molecule has 2 N–H and O–H groups in total. The lowest BCUT2D eigenvalue weighted by atomic mass is 9.84. The first-order valence-electron chi connectivity index (χ1n) is 7.18. The van der Waals surface area contributed by atoms with Crippen molar-refractivity contribution in [2.24, 2.45) is 17.3 Å². The van der Waals surface area contributed by atoms with Gasteiger partial charge in [0.15, 0.2) is 0 Å². The van der Waals surface area contributed by atoms with Crippen molar-refractivity contribution in [2.45, 2.75) is 65.8 Å². The topological polar surface area (TPSA) is 66.4 Å². The fourth-order valence-electron chi connectivity index (χ4n) is 2.72. The number of carboxylic acid groups (broad SMARTS) is 1. The molecule has 1 aliphatic carbocycles. The van der Waals surface area contributed by atoms with Crippen molar-refractivity contribution in [1.29, 1.82) is 0 Å². The van der Waals surface area contributed by atoms with Crippen LogP contribution in [0, 0.1) is 17.3 Å². The molecule has 4 nitrogen and oxygen atoms in total. The predicted molar refractivity (Wildman–Crippen MR) is 74.8 cm³/mol. The minimum Gasteiger partial charge on any atom is -0.481 e. The Hall–Kier alpha value is -1.06. The van der Waals surface area contributed by atoms with Crippen molar-refractivity contribution in [3.05, 3.63) is 0 Å². The van der Waals surface area contributed by atoms with Gasteiger partial charge in [-0.3, -0.25) is 9.59 Å². The average Bonchev–Trinajstić information content (AvgIpc) is 2.94. The highest BCUT2D eigenvalue weighted by atomic mass is 16.4. The first kappa shape index (κ1) is 16.0. The maximum absolute atomic E-state index is 12.0. The molecule has 0 aliphatic heterocycles. The van der Waals surface area contributed by atoms with E-state index in [1.807, 2.05) is 0 Å². The number of carbonyl (C=O) groups is 2. The van der Waals surface area contributed by atoms with Crippen LogP contribution in [0.1, 0.15) is 59.8 Å². The number of amides is 1. The van der Waals surface area contributed by atoms with Gasteiger partial charge in [-0.2, -0.15) is 0 Å². The Morgan fingerprint density at radius 3 is 2.26 bits per heavy atom. The number of carboxylic acids is 1. The van der Waals surface area contributed by atoms with Gasteiger partial charge in [0.05, 0.1) is 6.42 Å². The van der Waals surface area contributed by atoms with E-state index in [0.717, 1.165) is 19.3 Å². The van der Waals surface area contributed by atoms with Crippen molar-refractivity contribution in [2.75, 3.05) is 0 Å². The number of hydrogen-bond acceptors (Lipinski definition) is 2. The van der Waals surface area contributed by atoms with E-state index in [2.05, 4.69) is 33.0 Å². The summed E-state index contributed by atoms with van der Waals surface area (Å²) < 4.78 is 0. The zero-order valence-electron chi connectivity index (χ0n) is 12.5. The fraction of sp³-hybridized carbons (Fsp3) is 0.867. The second-order valence-electron chi connectivity index (χ2n) is 7.18. The lowest BCUT2D eigenvalue weighted by molar-refractivity contribution is -0.137. The summed E-state index contributed by atoms with van der Waals surface area (Å²) in [6, 6.07) is -0.174. The Labute approximate surface area is 116 Å². The molecule has 0 aromatic heterocycles. The highest BCUT2D eigenvalue weighted by molar-refractivity contribution is 5.77. The number of nitrogens with one attached hydrogen (secondary N) is 1. The summed E-state index contributed by atoms with van der Waals surface area (Å²) in [6.45, 7) is 8.57. The lowest BCUT2D eigenvalue weighted by Crippen LogP contribution is -2.38. The molecule has 0 aromatic rings. The Morgan fingerprint density at radius 1 is 1.26 bits per heavy atom. The van der Waals surface area contributed by atoms with Crippen LogP contribution in [-0.2, 0) is 9.59 Å². The van der Waals surface area contributed by atoms with Crippen LogP contribution >= 0.6 is 0 Å². The van der Waals surface area contributed by atoms with Crippen molar-refractivity contribution < 1.29 is 14.7 Å². The van der Waals surface area contributed by atoms with Gasteiger partial charge in [-0.1, -0.05) is 27.7 Å². The van der Waals surface area contributed by atoms with E-state index in [1.54, 1.807) is 0 Å². The Bertz CT molecular complexity index is 329. The Balaban J connectivity index is 2.37. The first-order valence-corrected chi connectivity index (χ1v) is 7.18. The number of aliphatic carboxylic acids is 1. The van der Waals surface area contributed by atoms with Crippen LogP contribution in [0.25, 0.3) is 0 Å². The summed E-state index contributed by atoms with van der Waals surface area (Å²) in [5.41, 5.74) is 0.219. The van der Waals surface area contributed by atoms with E-state index in [9.17, 15) is 9.59 Å². The van der Waals surface area contributed by atoms with Crippen LogP contribution in [-0.4, -0.2) is 23.0 Å². The normalized spacial score (nSPS) is 18.7. The number of rotatable bonds is 7. The number of hydrogen-bond donors (Lipinski definition) is 2. The summed E-state index contributed by atoms with van der Waals surface area (Å²) in [7, 11) is 0. The molecule has 4 heteroatoms. The van der Waals surface area contributed by atoms with Gasteiger partial charge in [0.2, 0.25) is 5.91 Å². The second-order valence-corrected chi connectivity index (χ2v) is 7.18. The number of carbonyl (C=O) groups excluding carboxylic acids is 1. The Morgan fingerprint density at radius 2 is 1.84 bits per heavy atom. The third kappa shape index (κ3) is 7.19. The molecule has 0 saturated heterocycles. The van der Waals surface area contributed by atoms with Gasteiger partial charge < -0.3 is 10.4 Å². The standard InChI is InChI=1S/C15H27NO3/c1-10(9-15(2,3)4)7-13(17)16-12(8-14(18)19)11-5-6-11/h10-12H,5-9H2,1-4H3,(H,16,17)(H,18,19). The minimum absolute atomic E-state index is 0.00472. The maximum atomic E-state index is 12.0. The van der Waals surface area contributed by atoms with Crippen molar-refractivity contribution in [3.8, 4) is 0 Å². The summed E-state index contributed by atoms with van der Waals surface area (Å²) in [6.07, 6.45) is 3.60. The minimum atomic E-state index is -0.833. The van der Waals surface area contributed by atoms with Gasteiger partial charge >= 0.3 is 5.97 Å². The summed E-state index contributed by atoms with van der Waals surface area (Å²) in [5, 5.41) is 11.8. The van der Waals surface area contributed by atoms with Gasteiger partial charge in [-0.15, -0.1) is 0 Å². The Kier molecular flexibility index (Phi) is 5.39. The third-order valence-corrected chi connectivity index (χ3v) is 3.43. The van der Waals surface area contributed by atoms with Crippen LogP contribution in [0.3, 0.4) is 0 Å². The highest BCUT2D eigenvalue weighted by Gasteiger charge is 2.33. The molecule has 1 rings (SSSR count). The molecule has 19 heavy (non-hydrogen) atoms. The van der Waals surface area contributed by atoms with Crippen LogP contribution in [0.4, 0.5) is 0 Å². The van der Waals surface area contributed by atoms with E-state index in [1.165, 1.54) is 0 Å². The SMILES string of the molecule is CC(CC(=O)NC(CC(=O)O)C1CC1)CC(C)(C)C. The molecule has 1 saturated carbocycles. The second kappa shape index (κ2) is 6.40. The van der Waals surface area contributed by atoms with Crippen molar-refractivity contribution >= 4 is 11.9 Å². The van der Waals surface area contributed by atoms with Gasteiger partial charge in [-0.05, 0) is 36.5 Å². The molecule has 1 fully saturated rings. The van der Waals surface area contributed by atoms with E-state index >= 15 is 0 Å². The van der Waals surface area contributed by atoms with Crippen molar-refractivity contribution in [1.82, 2.24) is 5.32 Å². The molecule has 0 bridgehead atoms. The molecule has 2 atom stereocenters. The predicted octanol–water partition coefficient (Wildman–Crippen LogP) is 2.82. The van der Waals surface area contributed by atoms with Crippen LogP contribution in [0.15, 0.2) is 0 Å². The van der Waals surface area contributed by atoms with Crippen molar-refractivity contribution in [3.63, 3.8) is 0 Å². The van der Waals surface area contributed by atoms with Gasteiger partial charge in [0.25, 0.3) is 0 Å². The van der Waals surface area contributed by atoms with E-state index in [0.29, 0.717) is 18.3 Å². The largest absolute Gasteiger partial charge is 0.481 e. The van der Waals surface area contributed by atoms with Gasteiger partial charge in [0, 0.05) is 12.5 Å². The lowest BCUT2D eigenvalue weighted by Gasteiger charge is -2.24. The van der Waals surface area contributed by atoms with Gasteiger partial charge in [-0.25, -0.2) is 0 Å². The van der Waals surface area contributed by atoms with E-state index in [-0.39, 0.29) is 23.8 Å². The smallest absolute Gasteiger partial charge is 0.305 e. The zero-order chi connectivity index (χ0) is 14.6. The molecule has 0 aromatic carbocycles. The molecular weight excluding hydrogens is 242 g/mol. The van der Waals surface area contributed by atoms with Crippen LogP contribution < -0.4 is 5.32 Å². The van der Waals surface area contributed by atoms with Crippen LogP contribution in [0.5, 0.6) is 0 Å². The molecule has 1 amide bonds. The fourth-order valence-corrected chi connectivity index (χ4v) is 2.72. The maximum Gasteiger partial charge on any atom is 0.305 e. The summed E-state index contributed by atoms with van der Waals surface area (Å²) >= 11 is 0. The quantitative estimate of drug-likeness (QED) is 0.747. The first-order chi connectivity index (χ1) is 8.67. The zero-order valence-corrected chi connectivity index (χ0v) is 12.5. The third-order valence-electron chi connectivity index (χ3n) is 3.43. The average molecular weight is 269 g/mol. The molecule has 0 radical (unpaired) electrons. The molecule has 1 aliphatic rings. The van der Waals surface area contributed by atoms with Gasteiger partial charge in [0.1, 0.15) is 0 Å². The monoisotopic (exact) mass is 269 g/mol. The summed E-state index contributed by atoms with van der Waals surface area (Å²) in [5.74, 6) is -0.141. The van der Waals surface area contributed by atoms with E-state index in [4.69, 9.17) is 5.11 Å². The summed E-state index contributed by atoms with van der Waals surface area (Å²) in [4.78, 5) is 22.7. The molecule has 2 unspecified atom stereocenters. The molecular formula is C15H27NO3. The van der Waals surface area contributed by atoms with Crippen LogP contribution in [0.2, 0.25) is 0 Å². The molecule has 0 spiro atoms. The van der Waals surface area contributed by atoms with E-state index < -0.39 is 5.97 Å². The highest BCUT2D eigenvalue weighted by Crippen LogP contribution is 2.34. The molecule has 0 heterocycles. The molecule has 110 valence electrons.